The minimum absolute atomic E-state index is 0.00851. The summed E-state index contributed by atoms with van der Waals surface area (Å²) in [5.41, 5.74) is 1.30. The van der Waals surface area contributed by atoms with E-state index in [4.69, 9.17) is 9.16 Å². The van der Waals surface area contributed by atoms with Gasteiger partial charge in [0.2, 0.25) is 0 Å². The summed E-state index contributed by atoms with van der Waals surface area (Å²) in [7, 11) is -1.95. The van der Waals surface area contributed by atoms with E-state index >= 15 is 0 Å². The van der Waals surface area contributed by atoms with Crippen molar-refractivity contribution < 1.29 is 14.0 Å². The van der Waals surface area contributed by atoms with Gasteiger partial charge in [-0.2, -0.15) is 0 Å². The van der Waals surface area contributed by atoms with Crippen molar-refractivity contribution >= 4 is 14.2 Å². The molecule has 1 aliphatic heterocycles. The number of hydrogen-bond acceptors (Lipinski definition) is 3. The summed E-state index contributed by atoms with van der Waals surface area (Å²) in [5, 5.41) is 3.15. The first kappa shape index (κ1) is 23.1. The zero-order valence-electron chi connectivity index (χ0n) is 18.7. The summed E-state index contributed by atoms with van der Waals surface area (Å²) in [4.78, 5) is 12.5. The second-order valence-electron chi connectivity index (χ2n) is 9.94. The van der Waals surface area contributed by atoms with Crippen LogP contribution in [0.4, 0.5) is 0 Å². The maximum Gasteiger partial charge on any atom is 0.251 e. The Balaban J connectivity index is 1.99. The third-order valence-corrected chi connectivity index (χ3v) is 10.5. The van der Waals surface area contributed by atoms with Crippen molar-refractivity contribution in [3.8, 4) is 0 Å². The number of ether oxygens (including phenoxy) is 1. The van der Waals surface area contributed by atoms with E-state index in [0.717, 1.165) is 19.3 Å². The van der Waals surface area contributed by atoms with Crippen LogP contribution in [0.25, 0.3) is 0 Å². The fourth-order valence-electron chi connectivity index (χ4n) is 3.00. The molecule has 158 valence electrons. The van der Waals surface area contributed by atoms with E-state index in [0.29, 0.717) is 12.5 Å². The van der Waals surface area contributed by atoms with Crippen molar-refractivity contribution in [2.45, 2.75) is 90.3 Å². The first-order chi connectivity index (χ1) is 13.0. The molecule has 0 aliphatic carbocycles. The SMILES string of the molecule is CC(C)CCNC(=O)C1OC1C(CCc1ccccc1)O[Si](C)(C)C(C)(C)C. The Hall–Kier alpha value is -1.17. The van der Waals surface area contributed by atoms with E-state index in [9.17, 15) is 4.79 Å². The number of carbonyl (C=O) groups is 1. The molecule has 1 heterocycles. The number of amides is 1. The first-order valence-electron chi connectivity index (χ1n) is 10.7. The molecule has 3 atom stereocenters. The van der Waals surface area contributed by atoms with Crippen molar-refractivity contribution in [2.75, 3.05) is 6.54 Å². The molecule has 0 aromatic heterocycles. The van der Waals surface area contributed by atoms with Crippen LogP contribution in [0.5, 0.6) is 0 Å². The van der Waals surface area contributed by atoms with Crippen molar-refractivity contribution in [1.82, 2.24) is 5.32 Å². The van der Waals surface area contributed by atoms with Crippen LogP contribution >= 0.6 is 0 Å². The first-order valence-corrected chi connectivity index (χ1v) is 13.6. The third kappa shape index (κ3) is 6.71. The predicted molar refractivity (Wildman–Crippen MR) is 118 cm³/mol. The van der Waals surface area contributed by atoms with Gasteiger partial charge in [-0.1, -0.05) is 65.0 Å². The Morgan fingerprint density at radius 3 is 2.39 bits per heavy atom. The van der Waals surface area contributed by atoms with Crippen LogP contribution in [0.1, 0.15) is 53.0 Å². The molecule has 0 saturated carbocycles. The van der Waals surface area contributed by atoms with Gasteiger partial charge in [0.1, 0.15) is 6.10 Å². The molecular formula is C23H39NO3Si. The lowest BCUT2D eigenvalue weighted by Crippen LogP contribution is -2.46. The van der Waals surface area contributed by atoms with Crippen LogP contribution in [-0.2, 0) is 20.4 Å². The number of aryl methyl sites for hydroxylation is 1. The molecule has 5 heteroatoms. The molecule has 0 spiro atoms. The standard InChI is InChI=1S/C23H39NO3Si/c1-17(2)15-16-24-22(25)21-20(26-21)19(27-28(6,7)23(3,4)5)14-13-18-11-9-8-10-12-18/h8-12,17,19-21H,13-16H2,1-7H3,(H,24,25). The van der Waals surface area contributed by atoms with Crippen molar-refractivity contribution in [1.29, 1.82) is 0 Å². The molecule has 1 aromatic carbocycles. The molecule has 4 nitrogen and oxygen atoms in total. The van der Waals surface area contributed by atoms with Gasteiger partial charge in [-0.15, -0.1) is 0 Å². The third-order valence-electron chi connectivity index (χ3n) is 5.98. The van der Waals surface area contributed by atoms with Gasteiger partial charge in [-0.25, -0.2) is 0 Å². The normalized spacial score (nSPS) is 20.9. The molecular weight excluding hydrogens is 366 g/mol. The number of rotatable bonds is 10. The van der Waals surface area contributed by atoms with E-state index in [1.54, 1.807) is 0 Å². The van der Waals surface area contributed by atoms with E-state index in [-0.39, 0.29) is 29.3 Å². The Morgan fingerprint density at radius 1 is 1.18 bits per heavy atom. The average Bonchev–Trinajstić information content (AvgIpc) is 3.39. The Labute approximate surface area is 172 Å². The highest BCUT2D eigenvalue weighted by atomic mass is 28.4. The zero-order chi connectivity index (χ0) is 20.9. The summed E-state index contributed by atoms with van der Waals surface area (Å²) < 4.78 is 12.5. The Morgan fingerprint density at radius 2 is 1.82 bits per heavy atom. The van der Waals surface area contributed by atoms with E-state index in [1.807, 2.05) is 6.07 Å². The molecule has 1 aromatic rings. The summed E-state index contributed by atoms with van der Waals surface area (Å²) in [5.74, 6) is 0.589. The highest BCUT2D eigenvalue weighted by Gasteiger charge is 2.52. The molecule has 1 saturated heterocycles. The monoisotopic (exact) mass is 405 g/mol. The van der Waals surface area contributed by atoms with Gasteiger partial charge in [0.15, 0.2) is 14.4 Å². The smallest absolute Gasteiger partial charge is 0.251 e. The fraction of sp³-hybridized carbons (Fsp3) is 0.696. The highest BCUT2D eigenvalue weighted by Crippen LogP contribution is 2.40. The highest BCUT2D eigenvalue weighted by molar-refractivity contribution is 6.74. The molecule has 0 radical (unpaired) electrons. The molecule has 1 fully saturated rings. The minimum Gasteiger partial charge on any atom is -0.411 e. The van der Waals surface area contributed by atoms with Gasteiger partial charge in [-0.3, -0.25) is 4.79 Å². The minimum atomic E-state index is -1.95. The van der Waals surface area contributed by atoms with Crippen LogP contribution in [-0.4, -0.2) is 39.1 Å². The number of nitrogens with one attached hydrogen (secondary N) is 1. The van der Waals surface area contributed by atoms with Crippen LogP contribution in [0, 0.1) is 5.92 Å². The average molecular weight is 406 g/mol. The van der Waals surface area contributed by atoms with Crippen molar-refractivity contribution in [3.63, 3.8) is 0 Å². The van der Waals surface area contributed by atoms with Gasteiger partial charge < -0.3 is 14.5 Å². The zero-order valence-corrected chi connectivity index (χ0v) is 19.7. The predicted octanol–water partition coefficient (Wildman–Crippen LogP) is 4.94. The van der Waals surface area contributed by atoms with Gasteiger partial charge in [0.05, 0.1) is 6.10 Å². The van der Waals surface area contributed by atoms with E-state index in [2.05, 4.69) is 77.3 Å². The summed E-state index contributed by atoms with van der Waals surface area (Å²) in [6.07, 6.45) is 2.26. The van der Waals surface area contributed by atoms with Crippen LogP contribution in [0.3, 0.4) is 0 Å². The Kier molecular flexibility index (Phi) is 7.88. The van der Waals surface area contributed by atoms with E-state index < -0.39 is 8.32 Å². The van der Waals surface area contributed by atoms with Crippen LogP contribution in [0.15, 0.2) is 30.3 Å². The Bertz CT molecular complexity index is 624. The van der Waals surface area contributed by atoms with Crippen molar-refractivity contribution in [3.05, 3.63) is 35.9 Å². The van der Waals surface area contributed by atoms with Gasteiger partial charge in [0.25, 0.3) is 5.91 Å². The number of carbonyl (C=O) groups excluding carboxylic acids is 1. The molecule has 0 bridgehead atoms. The molecule has 28 heavy (non-hydrogen) atoms. The molecule has 1 aliphatic rings. The quantitative estimate of drug-likeness (QED) is 0.443. The number of hydrogen-bond donors (Lipinski definition) is 1. The van der Waals surface area contributed by atoms with Crippen LogP contribution in [0.2, 0.25) is 18.1 Å². The van der Waals surface area contributed by atoms with Crippen LogP contribution < -0.4 is 5.32 Å². The molecule has 1 amide bonds. The second kappa shape index (κ2) is 9.55. The molecule has 1 N–H and O–H groups in total. The topological polar surface area (TPSA) is 50.9 Å². The number of epoxide rings is 1. The van der Waals surface area contributed by atoms with Gasteiger partial charge >= 0.3 is 0 Å². The molecule has 2 rings (SSSR count). The summed E-state index contributed by atoms with van der Waals surface area (Å²) in [6.45, 7) is 16.3. The van der Waals surface area contributed by atoms with Gasteiger partial charge in [-0.05, 0) is 48.9 Å². The summed E-state index contributed by atoms with van der Waals surface area (Å²) >= 11 is 0. The lowest BCUT2D eigenvalue weighted by Gasteiger charge is -2.39. The summed E-state index contributed by atoms with van der Waals surface area (Å²) in [6, 6.07) is 10.5. The van der Waals surface area contributed by atoms with Gasteiger partial charge in [0, 0.05) is 6.54 Å². The fourth-order valence-corrected chi connectivity index (χ4v) is 4.36. The lowest BCUT2D eigenvalue weighted by atomic mass is 10.0. The van der Waals surface area contributed by atoms with E-state index in [1.165, 1.54) is 5.56 Å². The van der Waals surface area contributed by atoms with Crippen molar-refractivity contribution in [2.24, 2.45) is 5.92 Å². The number of benzene rings is 1. The lowest BCUT2D eigenvalue weighted by molar-refractivity contribution is -0.122. The maximum absolute atomic E-state index is 12.5. The largest absolute Gasteiger partial charge is 0.411 e. The molecule has 3 unspecified atom stereocenters. The second-order valence-corrected chi connectivity index (χ2v) is 14.7. The maximum atomic E-state index is 12.5.